The van der Waals surface area contributed by atoms with Gasteiger partial charge in [0.2, 0.25) is 0 Å². The maximum Gasteiger partial charge on any atom is 0.0578 e. The summed E-state index contributed by atoms with van der Waals surface area (Å²) in [5, 5.41) is 0. The van der Waals surface area contributed by atoms with E-state index in [-0.39, 0.29) is 0 Å². The fraction of sp³-hybridized carbons (Fsp3) is 1.00. The molecule has 3 aliphatic carbocycles. The van der Waals surface area contributed by atoms with Crippen molar-refractivity contribution in [1.82, 2.24) is 0 Å². The van der Waals surface area contributed by atoms with Crippen molar-refractivity contribution in [1.29, 1.82) is 0 Å². The molecule has 0 aromatic rings. The normalized spacial score (nSPS) is 38.2. The molecule has 4 unspecified atom stereocenters. The molecule has 0 saturated heterocycles. The molecular formula is C24H44O. The van der Waals surface area contributed by atoms with E-state index in [9.17, 15) is 0 Å². The molecule has 1 heteroatoms. The SMILES string of the molecule is CCCCCCO[C@@H]1CCC2C(CCC3C[C@H](CCCC)CCC32)C1. The van der Waals surface area contributed by atoms with Gasteiger partial charge < -0.3 is 4.74 Å². The number of unbranched alkanes of at least 4 members (excludes halogenated alkanes) is 4. The first-order valence-corrected chi connectivity index (χ1v) is 11.9. The summed E-state index contributed by atoms with van der Waals surface area (Å²) in [5.74, 6) is 5.31. The molecule has 6 atom stereocenters. The van der Waals surface area contributed by atoms with Gasteiger partial charge in [-0.1, -0.05) is 58.8 Å². The van der Waals surface area contributed by atoms with Gasteiger partial charge in [0.05, 0.1) is 6.10 Å². The third kappa shape index (κ3) is 5.47. The molecule has 1 nitrogen and oxygen atoms in total. The molecule has 0 aromatic carbocycles. The van der Waals surface area contributed by atoms with Crippen LogP contribution in [0.2, 0.25) is 0 Å². The predicted molar refractivity (Wildman–Crippen MR) is 108 cm³/mol. The van der Waals surface area contributed by atoms with Crippen molar-refractivity contribution < 1.29 is 4.74 Å². The molecule has 0 N–H and O–H groups in total. The second kappa shape index (κ2) is 10.3. The van der Waals surface area contributed by atoms with E-state index in [4.69, 9.17) is 4.74 Å². The van der Waals surface area contributed by atoms with Gasteiger partial charge in [-0.3, -0.25) is 0 Å². The van der Waals surface area contributed by atoms with E-state index in [2.05, 4.69) is 13.8 Å². The summed E-state index contributed by atoms with van der Waals surface area (Å²) in [7, 11) is 0. The molecule has 0 spiro atoms. The fourth-order valence-electron chi connectivity index (χ4n) is 6.53. The summed E-state index contributed by atoms with van der Waals surface area (Å²) in [4.78, 5) is 0. The topological polar surface area (TPSA) is 9.23 Å². The Kier molecular flexibility index (Phi) is 8.15. The van der Waals surface area contributed by atoms with Crippen LogP contribution in [0.4, 0.5) is 0 Å². The highest BCUT2D eigenvalue weighted by Gasteiger charge is 2.44. The maximum atomic E-state index is 6.28. The van der Waals surface area contributed by atoms with Gasteiger partial charge >= 0.3 is 0 Å². The molecule has 146 valence electrons. The molecular weight excluding hydrogens is 304 g/mol. The van der Waals surface area contributed by atoms with Gasteiger partial charge in [0.25, 0.3) is 0 Å². The standard InChI is InChI=1S/C24H44O/c1-3-5-7-8-16-25-22-13-15-24-21(18-22)12-11-20-17-19(9-6-4-2)10-14-23(20)24/h19-24H,3-18H2,1-2H3/t19-,20?,21?,22-,23?,24?/m1/s1. The van der Waals surface area contributed by atoms with Crippen LogP contribution in [0.1, 0.15) is 110 Å². The fourth-order valence-corrected chi connectivity index (χ4v) is 6.53. The highest BCUT2D eigenvalue weighted by Crippen LogP contribution is 2.53. The van der Waals surface area contributed by atoms with E-state index in [1.54, 1.807) is 19.3 Å². The van der Waals surface area contributed by atoms with Gasteiger partial charge in [0, 0.05) is 6.61 Å². The number of ether oxygens (including phenoxy) is 1. The molecule has 3 rings (SSSR count). The number of rotatable bonds is 9. The van der Waals surface area contributed by atoms with Gasteiger partial charge in [-0.2, -0.15) is 0 Å². The molecule has 0 bridgehead atoms. The largest absolute Gasteiger partial charge is 0.378 e. The van der Waals surface area contributed by atoms with Crippen LogP contribution in [0.3, 0.4) is 0 Å². The zero-order valence-corrected chi connectivity index (χ0v) is 17.2. The lowest BCUT2D eigenvalue weighted by Crippen LogP contribution is -2.42. The van der Waals surface area contributed by atoms with Gasteiger partial charge in [-0.25, -0.2) is 0 Å². The first-order chi connectivity index (χ1) is 12.3. The lowest BCUT2D eigenvalue weighted by atomic mass is 9.56. The second-order valence-electron chi connectivity index (χ2n) is 9.61. The quantitative estimate of drug-likeness (QED) is 0.395. The Morgan fingerprint density at radius 3 is 2.16 bits per heavy atom. The first-order valence-electron chi connectivity index (χ1n) is 11.9. The average Bonchev–Trinajstić information content (AvgIpc) is 2.65. The minimum Gasteiger partial charge on any atom is -0.378 e. The van der Waals surface area contributed by atoms with E-state index < -0.39 is 0 Å². The number of hydrogen-bond acceptors (Lipinski definition) is 1. The van der Waals surface area contributed by atoms with Crippen molar-refractivity contribution in [2.24, 2.45) is 29.6 Å². The lowest BCUT2D eigenvalue weighted by molar-refractivity contribution is -0.0539. The highest BCUT2D eigenvalue weighted by molar-refractivity contribution is 4.94. The molecule has 0 heterocycles. The summed E-state index contributed by atoms with van der Waals surface area (Å²) in [6.45, 7) is 5.66. The van der Waals surface area contributed by atoms with Gasteiger partial charge in [-0.05, 0) is 81.0 Å². The van der Waals surface area contributed by atoms with Crippen LogP contribution < -0.4 is 0 Å². The van der Waals surface area contributed by atoms with Crippen LogP contribution in [-0.2, 0) is 4.74 Å². The molecule has 3 saturated carbocycles. The second-order valence-corrected chi connectivity index (χ2v) is 9.61. The Morgan fingerprint density at radius 1 is 0.680 bits per heavy atom. The van der Waals surface area contributed by atoms with Gasteiger partial charge in [0.15, 0.2) is 0 Å². The van der Waals surface area contributed by atoms with Crippen molar-refractivity contribution in [3.8, 4) is 0 Å². The molecule has 25 heavy (non-hydrogen) atoms. The molecule has 3 aliphatic rings. The Morgan fingerprint density at radius 2 is 1.40 bits per heavy atom. The van der Waals surface area contributed by atoms with Crippen molar-refractivity contribution in [2.75, 3.05) is 6.61 Å². The van der Waals surface area contributed by atoms with Crippen molar-refractivity contribution >= 4 is 0 Å². The Bertz CT molecular complexity index is 365. The Balaban J connectivity index is 1.41. The summed E-state index contributed by atoms with van der Waals surface area (Å²) in [5.41, 5.74) is 0. The van der Waals surface area contributed by atoms with Gasteiger partial charge in [0.1, 0.15) is 0 Å². The molecule has 3 fully saturated rings. The molecule has 0 amide bonds. The van der Waals surface area contributed by atoms with E-state index in [0.717, 1.165) is 36.2 Å². The van der Waals surface area contributed by atoms with Crippen LogP contribution in [0.15, 0.2) is 0 Å². The van der Waals surface area contributed by atoms with Crippen molar-refractivity contribution in [3.63, 3.8) is 0 Å². The van der Waals surface area contributed by atoms with E-state index in [0.29, 0.717) is 6.10 Å². The highest BCUT2D eigenvalue weighted by atomic mass is 16.5. The summed E-state index contributed by atoms with van der Waals surface area (Å²) in [6, 6.07) is 0. The average molecular weight is 349 g/mol. The molecule has 0 aromatic heterocycles. The van der Waals surface area contributed by atoms with Crippen LogP contribution in [0.25, 0.3) is 0 Å². The zero-order chi connectivity index (χ0) is 17.5. The smallest absolute Gasteiger partial charge is 0.0578 e. The predicted octanol–water partition coefficient (Wildman–Crippen LogP) is 7.38. The zero-order valence-electron chi connectivity index (χ0n) is 17.2. The van der Waals surface area contributed by atoms with E-state index in [1.165, 1.54) is 77.0 Å². The van der Waals surface area contributed by atoms with E-state index >= 15 is 0 Å². The van der Waals surface area contributed by atoms with Crippen LogP contribution in [0, 0.1) is 29.6 Å². The summed E-state index contributed by atoms with van der Waals surface area (Å²) in [6.07, 6.45) is 22.3. The molecule has 0 aliphatic heterocycles. The van der Waals surface area contributed by atoms with Crippen molar-refractivity contribution in [2.45, 2.75) is 116 Å². The number of fused-ring (bicyclic) bond motifs is 3. The first kappa shape index (κ1) is 19.7. The van der Waals surface area contributed by atoms with Crippen LogP contribution in [0.5, 0.6) is 0 Å². The maximum absolute atomic E-state index is 6.28. The number of hydrogen-bond donors (Lipinski definition) is 0. The molecule has 0 radical (unpaired) electrons. The third-order valence-electron chi connectivity index (χ3n) is 7.92. The lowest BCUT2D eigenvalue weighted by Gasteiger charge is -2.50. The summed E-state index contributed by atoms with van der Waals surface area (Å²) < 4.78 is 6.28. The Labute approximate surface area is 157 Å². The third-order valence-corrected chi connectivity index (χ3v) is 7.92. The monoisotopic (exact) mass is 348 g/mol. The van der Waals surface area contributed by atoms with Gasteiger partial charge in [-0.15, -0.1) is 0 Å². The van der Waals surface area contributed by atoms with Crippen LogP contribution >= 0.6 is 0 Å². The minimum atomic E-state index is 0.598. The van der Waals surface area contributed by atoms with Crippen LogP contribution in [-0.4, -0.2) is 12.7 Å². The van der Waals surface area contributed by atoms with E-state index in [1.807, 2.05) is 0 Å². The minimum absolute atomic E-state index is 0.598. The summed E-state index contributed by atoms with van der Waals surface area (Å²) >= 11 is 0. The van der Waals surface area contributed by atoms with Crippen molar-refractivity contribution in [3.05, 3.63) is 0 Å². The Hall–Kier alpha value is -0.0400.